The topological polar surface area (TPSA) is 411 Å². The summed E-state index contributed by atoms with van der Waals surface area (Å²) >= 11 is 2.69. The van der Waals surface area contributed by atoms with Crippen LogP contribution in [0.25, 0.3) is 11.1 Å². The monoisotopic (exact) mass is 1960 g/mol. The molecule has 0 unspecified atom stereocenters. The minimum Gasteiger partial charge on any atom is -0.480 e. The molecule has 8 aromatic carbocycles. The molecule has 0 radical (unpaired) electrons. The van der Waals surface area contributed by atoms with Crippen molar-refractivity contribution in [1.29, 1.82) is 0 Å². The molecule has 3 aliphatic rings. The van der Waals surface area contributed by atoms with E-state index in [9.17, 15) is 29.1 Å². The zero-order valence-electron chi connectivity index (χ0n) is 83.1. The van der Waals surface area contributed by atoms with Crippen LogP contribution in [0, 0.1) is 17.8 Å². The van der Waals surface area contributed by atoms with Gasteiger partial charge in [0.1, 0.15) is 73.1 Å². The highest BCUT2D eigenvalue weighted by atomic mass is 32.2. The fourth-order valence-electron chi connectivity index (χ4n) is 18.4. The summed E-state index contributed by atoms with van der Waals surface area (Å²) in [4.78, 5) is 195. The number of ether oxygens (including phenoxy) is 3. The third-order valence-corrected chi connectivity index (χ3v) is 29.9. The highest BCUT2D eigenvalue weighted by Crippen LogP contribution is 2.51. The summed E-state index contributed by atoms with van der Waals surface area (Å²) in [5.41, 5.74) is 12.7. The SMILES string of the molecule is CC[C@H](C)[C@H](NC(=O)OCC1c2ccccc2-c2ccccc21)C(=O)N[C@@H](CSC(c1ccccc1)(c1ccccc1)c1ccccc1)C(=O)N[C@H](C(=O)N[C@@H](C)C(=O)N[C@@H](COC(C)(C)C)C(=O)N[C@H](C(=O)N1CCC[C@H]1C(=O)N1CCC[C@H]1C(=O)N[C@H](C(=O)N[C@@H](CSC(c1ccccc1)(c1ccccc1)c1ccccc1)C(=O)N[C@@H](CCC(N)=O)C(=O)O)[C@@H](C)CC)[C@@H](C)CC)[C@@H](C)OC(C)(C)C. The third-order valence-electron chi connectivity index (χ3n) is 26.6. The first-order valence-corrected chi connectivity index (χ1v) is 50.9. The number of hydrogen-bond acceptors (Lipinski definition) is 18. The predicted molar refractivity (Wildman–Crippen MR) is 546 cm³/mol. The van der Waals surface area contributed by atoms with E-state index in [0.29, 0.717) is 32.1 Å². The number of benzene rings is 8. The Morgan fingerprint density at radius 3 is 1.20 bits per heavy atom. The van der Waals surface area contributed by atoms with Crippen molar-refractivity contribution in [1.82, 2.24) is 57.7 Å². The Morgan fingerprint density at radius 1 is 0.411 bits per heavy atom. The minimum atomic E-state index is -1.59. The predicted octanol–water partition coefficient (Wildman–Crippen LogP) is 12.7. The Hall–Kier alpha value is -12.7. The van der Waals surface area contributed by atoms with Crippen LogP contribution in [-0.4, -0.2) is 214 Å². The van der Waals surface area contributed by atoms with Crippen molar-refractivity contribution < 1.29 is 81.6 Å². The first-order valence-electron chi connectivity index (χ1n) is 48.9. The van der Waals surface area contributed by atoms with Gasteiger partial charge >= 0.3 is 12.1 Å². The third kappa shape index (κ3) is 27.8. The van der Waals surface area contributed by atoms with Crippen molar-refractivity contribution in [3.05, 3.63) is 275 Å². The Balaban J connectivity index is 0.806. The molecule has 2 heterocycles. The van der Waals surface area contributed by atoms with Gasteiger partial charge < -0.3 is 82.7 Å². The van der Waals surface area contributed by atoms with Crippen LogP contribution in [0.15, 0.2) is 231 Å². The number of fused-ring (bicyclic) bond motifs is 3. The van der Waals surface area contributed by atoms with Gasteiger partial charge in [0.2, 0.25) is 65.0 Å². The number of aliphatic carboxylic acids is 1. The Morgan fingerprint density at radius 2 is 0.780 bits per heavy atom. The van der Waals surface area contributed by atoms with Crippen LogP contribution in [0.4, 0.5) is 4.79 Å². The highest BCUT2D eigenvalue weighted by molar-refractivity contribution is 8.01. The summed E-state index contributed by atoms with van der Waals surface area (Å²) < 4.78 is 16.6. The van der Waals surface area contributed by atoms with Gasteiger partial charge in [0, 0.05) is 36.9 Å². The first kappa shape index (κ1) is 109. The molecule has 0 saturated carbocycles. The van der Waals surface area contributed by atoms with Gasteiger partial charge in [-0.05, 0) is 161 Å². The Labute approximate surface area is 836 Å². The van der Waals surface area contributed by atoms with E-state index >= 15 is 38.4 Å². The van der Waals surface area contributed by atoms with E-state index in [0.717, 1.165) is 55.6 Å². The molecule has 141 heavy (non-hydrogen) atoms. The second kappa shape index (κ2) is 50.1. The van der Waals surface area contributed by atoms with Crippen molar-refractivity contribution >= 4 is 101 Å². The van der Waals surface area contributed by atoms with Crippen molar-refractivity contribution in [2.45, 2.75) is 254 Å². The lowest BCUT2D eigenvalue weighted by Crippen LogP contribution is -2.63. The van der Waals surface area contributed by atoms with E-state index in [2.05, 4.69) is 47.9 Å². The van der Waals surface area contributed by atoms with Gasteiger partial charge in [-0.15, -0.1) is 23.5 Å². The first-order chi connectivity index (χ1) is 67.3. The summed E-state index contributed by atoms with van der Waals surface area (Å²) in [5.74, 6) is -12.2. The molecule has 31 heteroatoms. The molecule has 1 aliphatic carbocycles. The van der Waals surface area contributed by atoms with Crippen molar-refractivity contribution in [3.8, 4) is 11.1 Å². The lowest BCUT2D eigenvalue weighted by Gasteiger charge is -2.37. The maximum atomic E-state index is 15.9. The molecular formula is C110H138N12O17S2. The van der Waals surface area contributed by atoms with E-state index in [4.69, 9.17) is 19.9 Å². The summed E-state index contributed by atoms with van der Waals surface area (Å²) in [6.07, 6.45) is -0.513. The number of carboxylic acids is 1. The van der Waals surface area contributed by atoms with Crippen molar-refractivity contribution in [2.24, 2.45) is 23.5 Å². The average molecular weight is 1960 g/mol. The van der Waals surface area contributed by atoms with Crippen LogP contribution in [-0.2, 0) is 81.2 Å². The van der Waals surface area contributed by atoms with E-state index in [1.807, 2.05) is 251 Å². The smallest absolute Gasteiger partial charge is 0.407 e. The number of nitrogens with one attached hydrogen (secondary N) is 9. The molecule has 2 saturated heterocycles. The quantitative estimate of drug-likeness (QED) is 0.0158. The summed E-state index contributed by atoms with van der Waals surface area (Å²) in [7, 11) is 0. The fourth-order valence-corrected chi connectivity index (χ4v) is 21.6. The number of thioether (sulfide) groups is 2. The zero-order chi connectivity index (χ0) is 102. The zero-order valence-corrected chi connectivity index (χ0v) is 84.7. The van der Waals surface area contributed by atoms with Crippen molar-refractivity contribution in [3.63, 3.8) is 0 Å². The number of hydrogen-bond donors (Lipinski definition) is 11. The van der Waals surface area contributed by atoms with Gasteiger partial charge in [-0.25, -0.2) is 9.59 Å². The second-order valence-corrected chi connectivity index (χ2v) is 41.3. The summed E-state index contributed by atoms with van der Waals surface area (Å²) in [6.45, 7) is 24.1. The molecule has 15 atom stereocenters. The fraction of sp³-hybridized carbons (Fsp3) is 0.445. The Bertz CT molecular complexity index is 5370. The van der Waals surface area contributed by atoms with Crippen LogP contribution in [0.5, 0.6) is 0 Å². The maximum Gasteiger partial charge on any atom is 0.407 e. The Kier molecular flexibility index (Phi) is 38.6. The van der Waals surface area contributed by atoms with Gasteiger partial charge in [-0.3, -0.25) is 52.7 Å². The summed E-state index contributed by atoms with van der Waals surface area (Å²) in [5, 5.41) is 36.0. The molecule has 0 bridgehead atoms. The average Bonchev–Trinajstić information content (AvgIpc) is 0.895. The van der Waals surface area contributed by atoms with Crippen molar-refractivity contribution in [2.75, 3.05) is 37.8 Å². The van der Waals surface area contributed by atoms with Gasteiger partial charge in [-0.2, -0.15) is 0 Å². The van der Waals surface area contributed by atoms with Crippen LogP contribution in [0.2, 0.25) is 0 Å². The standard InChI is InChI=1S/C110H138N12O17S2/c1-15-68(4)91(100(129)115-86(97(126)113-84(105(134)135)60-61-90(111)123)66-140-109(73-42-24-18-25-43-73,74-44-26-19-27-45-74)75-46-28-20-29-47-75)117-99(128)88-58-40-62-121(88)103(132)89-59-41-63-122(89)104(133)93(70(6)17-3)118-96(125)85(65-138-107(9,10)11)114-95(124)71(7)112-102(131)94(72(8)139-108(12,13)14)119-98(127)87(67-141-110(76-48-30-21-31-49-76,77-50-32-22-33-51-77)78-52-34-23-35-53-78)116-101(130)92(69(5)16-2)120-106(136)137-64-83-81-56-38-36-54-79(81)80-55-37-39-57-82(80)83/h18-39,42-57,68-72,83-89,91-94H,15-17,40-41,58-67H2,1-14H3,(H2,111,123)(H,112,131)(H,113,126)(H,114,124)(H,115,129)(H,116,130)(H,117,128)(H,118,125)(H,119,127)(H,120,136)(H,134,135)/t68-,69-,70-,71-,72+,84-,85-,86-,87-,88-,89-,91-,92-,93-,94-/m0/s1. The molecular weight excluding hydrogens is 1830 g/mol. The number of carboxylic acid groups (broad SMARTS) is 1. The van der Waals surface area contributed by atoms with Gasteiger partial charge in [-0.1, -0.05) is 291 Å². The molecule has 12 N–H and O–H groups in total. The number of rotatable bonds is 47. The van der Waals surface area contributed by atoms with Gasteiger partial charge in [0.25, 0.3) is 0 Å². The molecule has 752 valence electrons. The largest absolute Gasteiger partial charge is 0.480 e. The lowest BCUT2D eigenvalue weighted by molar-refractivity contribution is -0.149. The number of alkyl carbamates (subject to hydrolysis) is 1. The van der Waals surface area contributed by atoms with E-state index < -0.39 is 195 Å². The molecule has 0 spiro atoms. The number of primary amides is 1. The molecule has 2 aliphatic heterocycles. The number of nitrogens with two attached hydrogens (primary N) is 1. The molecule has 2 fully saturated rings. The van der Waals surface area contributed by atoms with E-state index in [-0.39, 0.29) is 62.8 Å². The molecule has 12 amide bonds. The second-order valence-electron chi connectivity index (χ2n) is 38.8. The molecule has 0 aromatic heterocycles. The highest BCUT2D eigenvalue weighted by Gasteiger charge is 2.49. The van der Waals surface area contributed by atoms with Crippen LogP contribution >= 0.6 is 23.5 Å². The molecule has 29 nitrogen and oxygen atoms in total. The number of amides is 12. The van der Waals surface area contributed by atoms with E-state index in [1.165, 1.54) is 40.2 Å². The number of carbonyl (C=O) groups is 13. The number of nitrogens with zero attached hydrogens (tertiary/aromatic N) is 2. The van der Waals surface area contributed by atoms with E-state index in [1.54, 1.807) is 69.2 Å². The summed E-state index contributed by atoms with van der Waals surface area (Å²) in [6, 6.07) is 58.6. The van der Waals surface area contributed by atoms with Gasteiger partial charge in [0.05, 0.1) is 33.4 Å². The minimum absolute atomic E-state index is 0.0386. The van der Waals surface area contributed by atoms with Crippen LogP contribution < -0.4 is 53.6 Å². The molecule has 8 aromatic rings. The normalized spacial score (nSPS) is 17.1. The van der Waals surface area contributed by atoms with Gasteiger partial charge in [0.15, 0.2) is 0 Å². The lowest BCUT2D eigenvalue weighted by atomic mass is 9.84. The van der Waals surface area contributed by atoms with Crippen LogP contribution in [0.1, 0.15) is 205 Å². The van der Waals surface area contributed by atoms with Crippen LogP contribution in [0.3, 0.4) is 0 Å². The molecule has 11 rings (SSSR count). The maximum absolute atomic E-state index is 15.9. The number of carbonyl (C=O) groups excluding carboxylic acids is 12. The number of likely N-dealkylation sites (tertiary alicyclic amines) is 2.